The van der Waals surface area contributed by atoms with E-state index in [1.165, 1.54) is 0 Å². The lowest BCUT2D eigenvalue weighted by Crippen LogP contribution is -2.69. The number of hydrogen-bond donors (Lipinski definition) is 12. The highest BCUT2D eigenvalue weighted by Crippen LogP contribution is 2.52. The first-order valence-corrected chi connectivity index (χ1v) is 19.3. The lowest BCUT2D eigenvalue weighted by Gasteiger charge is -2.53. The smallest absolute Gasteiger partial charge is 0.340 e. The number of piperidine rings is 1. The second kappa shape index (κ2) is 16.0. The minimum absolute atomic E-state index is 0.0106. The quantitative estimate of drug-likeness (QED) is 0.116. The monoisotopic (exact) mass is 790 g/mol. The minimum Gasteiger partial charge on any atom is -0.479 e. The Morgan fingerprint density at radius 1 is 0.727 bits per heavy atom. The molecule has 0 amide bonds. The van der Waals surface area contributed by atoms with E-state index in [0.29, 0.717) is 32.2 Å². The van der Waals surface area contributed by atoms with Crippen LogP contribution in [-0.2, 0) is 38.1 Å². The summed E-state index contributed by atoms with van der Waals surface area (Å²) in [7, 11) is 0. The predicted octanol–water partition coefficient (Wildman–Crippen LogP) is -5.08. The van der Waals surface area contributed by atoms with E-state index < -0.39 is 121 Å². The molecular weight excluding hydrogens is 736 g/mol. The molecule has 20 heteroatoms. The Kier molecular flexibility index (Phi) is 12.0. The Balaban J connectivity index is 1.17. The van der Waals surface area contributed by atoms with E-state index in [4.69, 9.17) is 29.4 Å². The molecule has 13 N–H and O–H groups in total. The third-order valence-corrected chi connectivity index (χ3v) is 13.3. The number of carboxylic acids is 1. The number of fused-ring (bicyclic) bond motifs is 2. The van der Waals surface area contributed by atoms with Gasteiger partial charge in [-0.2, -0.15) is 0 Å². The van der Waals surface area contributed by atoms with Gasteiger partial charge >= 0.3 is 11.9 Å². The van der Waals surface area contributed by atoms with Crippen LogP contribution in [0.3, 0.4) is 0 Å². The average molecular weight is 791 g/mol. The van der Waals surface area contributed by atoms with Gasteiger partial charge in [-0.05, 0) is 62.8 Å². The second-order valence-electron chi connectivity index (χ2n) is 16.6. The number of ether oxygens (including phenoxy) is 5. The molecule has 7 fully saturated rings. The topological polar surface area (TPSA) is 338 Å². The maximum atomic E-state index is 13.9. The van der Waals surface area contributed by atoms with Crippen LogP contribution in [0.4, 0.5) is 0 Å². The fraction of sp³-hybridized carbons (Fsp3) is 0.914. The van der Waals surface area contributed by atoms with Gasteiger partial charge in [0.1, 0.15) is 42.4 Å². The number of aliphatic hydroxyl groups excluding tert-OH is 9. The van der Waals surface area contributed by atoms with Crippen LogP contribution in [-0.4, -0.2) is 179 Å². The summed E-state index contributed by atoms with van der Waals surface area (Å²) >= 11 is 0. The zero-order chi connectivity index (χ0) is 39.7. The molecule has 20 nitrogen and oxygen atoms in total. The van der Waals surface area contributed by atoms with Gasteiger partial charge in [0, 0.05) is 25.2 Å². The number of hydrogen-bond acceptors (Lipinski definition) is 19. The van der Waals surface area contributed by atoms with Crippen LogP contribution in [0.2, 0.25) is 0 Å². The Labute approximate surface area is 315 Å². The highest BCUT2D eigenvalue weighted by molar-refractivity contribution is 5.83. The van der Waals surface area contributed by atoms with Crippen molar-refractivity contribution in [2.45, 2.75) is 161 Å². The number of ketones is 1. The first-order chi connectivity index (χ1) is 26.0. The number of nitrogens with one attached hydrogen (secondary N) is 1. The van der Waals surface area contributed by atoms with E-state index in [1.54, 1.807) is 0 Å². The molecule has 0 aromatic rings. The summed E-state index contributed by atoms with van der Waals surface area (Å²) in [5, 5.41) is 110. The normalized spacial score (nSPS) is 53.4. The first-order valence-electron chi connectivity index (χ1n) is 19.3. The molecule has 312 valence electrons. The zero-order valence-electron chi connectivity index (χ0n) is 30.0. The molecule has 5 aliphatic heterocycles. The van der Waals surface area contributed by atoms with Crippen LogP contribution in [0.5, 0.6) is 0 Å². The van der Waals surface area contributed by atoms with Crippen LogP contribution in [0.15, 0.2) is 0 Å². The summed E-state index contributed by atoms with van der Waals surface area (Å²) in [5.41, 5.74) is 6.12. The number of carbonyl (C=O) groups is 3. The van der Waals surface area contributed by atoms with Gasteiger partial charge in [0.25, 0.3) is 0 Å². The molecule has 5 heterocycles. The summed E-state index contributed by atoms with van der Waals surface area (Å²) in [6, 6.07) is 0. The molecule has 55 heavy (non-hydrogen) atoms. The number of carboxylic acid groups (broad SMARTS) is 1. The highest BCUT2D eigenvalue weighted by Gasteiger charge is 2.64. The minimum atomic E-state index is -2.22. The molecule has 2 aliphatic carbocycles. The molecule has 1 spiro atoms. The molecule has 0 aromatic carbocycles. The summed E-state index contributed by atoms with van der Waals surface area (Å²) < 4.78 is 29.4. The van der Waals surface area contributed by atoms with Crippen molar-refractivity contribution in [3.05, 3.63) is 0 Å². The SMILES string of the molecule is NC1CCC(C2CC[C@]3(OC4CC5OC(C6CCC(O)C(O)C6)CC(=O)C5C(O)C42)O[C@H](C(=O)O[C@@H]2O[C@H](C(=O)O)[C@@H](O)[C@H](O)[C@H]2O)[C@@H](O)[C@H](O)[C@H]3O)CN1. The number of esters is 1. The lowest BCUT2D eigenvalue weighted by molar-refractivity contribution is -0.378. The fourth-order valence-corrected chi connectivity index (χ4v) is 10.3. The third kappa shape index (κ3) is 7.58. The van der Waals surface area contributed by atoms with Crippen molar-refractivity contribution < 1.29 is 89.1 Å². The number of Topliss-reactive ketones (excluding diaryl/α,β-unsaturated/α-hetero) is 1. The molecule has 12 unspecified atom stereocenters. The number of aliphatic hydroxyl groups is 9. The van der Waals surface area contributed by atoms with Crippen molar-refractivity contribution in [1.29, 1.82) is 0 Å². The number of rotatable bonds is 5. The Hall–Kier alpha value is -1.99. The van der Waals surface area contributed by atoms with Gasteiger partial charge in [-0.3, -0.25) is 4.79 Å². The van der Waals surface area contributed by atoms with Crippen molar-refractivity contribution in [2.75, 3.05) is 6.54 Å². The Morgan fingerprint density at radius 2 is 1.44 bits per heavy atom. The highest BCUT2D eigenvalue weighted by atomic mass is 16.8. The van der Waals surface area contributed by atoms with Crippen LogP contribution in [0.25, 0.3) is 0 Å². The summed E-state index contributed by atoms with van der Waals surface area (Å²) in [4.78, 5) is 39.1. The van der Waals surface area contributed by atoms with E-state index in [0.717, 1.165) is 0 Å². The zero-order valence-corrected chi connectivity index (χ0v) is 30.0. The fourth-order valence-electron chi connectivity index (χ4n) is 10.3. The standard InChI is InChI=1S/C35H54N2O18/c36-20-4-2-12(10-37-20)13-5-6-35(31(47)27(45)26(44)30(55-35)33(50)53-34-28(46)24(42)25(43)29(52-34)32(48)49)54-19-9-18-22(23(41)21(13)19)16(40)8-17(51-18)11-1-3-14(38)15(39)7-11/h11-15,17-31,34,37-39,41-47H,1-10,36H2,(H,48,49)/t11?,12?,13?,14?,15?,17?,18?,19?,20?,21?,22?,23?,24-,25-,26-,27-,28+,29-,30-,31+,34-,35-/m0/s1. The van der Waals surface area contributed by atoms with Crippen LogP contribution in [0.1, 0.15) is 57.8 Å². The first kappa shape index (κ1) is 41.2. The van der Waals surface area contributed by atoms with Crippen LogP contribution < -0.4 is 11.1 Å². The summed E-state index contributed by atoms with van der Waals surface area (Å²) in [6.07, 6.45) is -22.4. The van der Waals surface area contributed by atoms with Crippen molar-refractivity contribution in [2.24, 2.45) is 35.3 Å². The van der Waals surface area contributed by atoms with E-state index in [1.807, 2.05) is 0 Å². The molecule has 0 bridgehead atoms. The van der Waals surface area contributed by atoms with E-state index >= 15 is 0 Å². The van der Waals surface area contributed by atoms with Crippen molar-refractivity contribution in [3.8, 4) is 0 Å². The molecule has 22 atom stereocenters. The molecule has 7 aliphatic rings. The van der Waals surface area contributed by atoms with Gasteiger partial charge < -0.3 is 85.8 Å². The van der Waals surface area contributed by atoms with E-state index in [-0.39, 0.29) is 61.8 Å². The Bertz CT molecular complexity index is 1420. The van der Waals surface area contributed by atoms with Gasteiger partial charge in [-0.15, -0.1) is 0 Å². The van der Waals surface area contributed by atoms with Gasteiger partial charge in [0.05, 0.1) is 48.7 Å². The average Bonchev–Trinajstić information content (AvgIpc) is 3.31. The summed E-state index contributed by atoms with van der Waals surface area (Å²) in [6.45, 7) is 0.465. The van der Waals surface area contributed by atoms with Crippen molar-refractivity contribution >= 4 is 17.7 Å². The lowest BCUT2D eigenvalue weighted by atomic mass is 9.62. The molecule has 7 rings (SSSR count). The van der Waals surface area contributed by atoms with Gasteiger partial charge in [0.15, 0.2) is 18.0 Å². The van der Waals surface area contributed by atoms with E-state index in [2.05, 4.69) is 5.32 Å². The third-order valence-electron chi connectivity index (χ3n) is 13.3. The molecule has 0 radical (unpaired) electrons. The van der Waals surface area contributed by atoms with Crippen molar-refractivity contribution in [3.63, 3.8) is 0 Å². The van der Waals surface area contributed by atoms with E-state index in [9.17, 15) is 65.4 Å². The number of nitrogens with two attached hydrogens (primary N) is 1. The van der Waals surface area contributed by atoms with Crippen LogP contribution in [0, 0.1) is 29.6 Å². The molecule has 2 saturated carbocycles. The molecule has 0 aromatic heterocycles. The maximum absolute atomic E-state index is 13.9. The second-order valence-corrected chi connectivity index (χ2v) is 16.6. The van der Waals surface area contributed by atoms with Gasteiger partial charge in [0.2, 0.25) is 6.29 Å². The summed E-state index contributed by atoms with van der Waals surface area (Å²) in [5.74, 6) is -8.00. The number of aliphatic carboxylic acids is 1. The predicted molar refractivity (Wildman–Crippen MR) is 178 cm³/mol. The molecule has 5 saturated heterocycles. The molecular formula is C35H54N2O18. The Morgan fingerprint density at radius 3 is 2.11 bits per heavy atom. The largest absolute Gasteiger partial charge is 0.479 e. The maximum Gasteiger partial charge on any atom is 0.340 e. The number of carbonyl (C=O) groups excluding carboxylic acids is 2. The van der Waals surface area contributed by atoms with Gasteiger partial charge in [-0.1, -0.05) is 0 Å². The van der Waals surface area contributed by atoms with Crippen molar-refractivity contribution in [1.82, 2.24) is 5.32 Å². The van der Waals surface area contributed by atoms with Crippen LogP contribution >= 0.6 is 0 Å². The van der Waals surface area contributed by atoms with Gasteiger partial charge in [-0.25, -0.2) is 9.59 Å².